The van der Waals surface area contributed by atoms with Crippen LogP contribution >= 0.6 is 0 Å². The molecule has 1 N–H and O–H groups in total. The second kappa shape index (κ2) is 6.14. The minimum Gasteiger partial charge on any atom is -0.478 e. The largest absolute Gasteiger partial charge is 0.478 e. The van der Waals surface area contributed by atoms with Crippen molar-refractivity contribution in [2.75, 3.05) is 0 Å². The summed E-state index contributed by atoms with van der Waals surface area (Å²) >= 11 is 0. The summed E-state index contributed by atoms with van der Waals surface area (Å²) in [4.78, 5) is 26.9. The molecule has 0 bridgehead atoms. The Morgan fingerprint density at radius 2 is 2.25 bits per heavy atom. The summed E-state index contributed by atoms with van der Waals surface area (Å²) in [7, 11) is 0. The van der Waals surface area contributed by atoms with E-state index in [2.05, 4.69) is 11.9 Å². The van der Waals surface area contributed by atoms with Crippen molar-refractivity contribution in [2.45, 2.75) is 26.2 Å². The number of aromatic nitrogens is 2. The summed E-state index contributed by atoms with van der Waals surface area (Å²) in [6.07, 6.45) is 6.53. The molecule has 2 rings (SSSR count). The number of benzene rings is 1. The number of carboxylic acids is 1. The van der Waals surface area contributed by atoms with E-state index < -0.39 is 5.97 Å². The van der Waals surface area contributed by atoms with Crippen molar-refractivity contribution in [3.63, 3.8) is 0 Å². The first-order valence-corrected chi connectivity index (χ1v) is 6.52. The van der Waals surface area contributed by atoms with Gasteiger partial charge in [0, 0.05) is 12.3 Å². The number of hydrogen-bond acceptors (Lipinski definition) is 3. The van der Waals surface area contributed by atoms with Crippen LogP contribution in [0.4, 0.5) is 0 Å². The average Bonchev–Trinajstić information content (AvgIpc) is 2.44. The summed E-state index contributed by atoms with van der Waals surface area (Å²) in [6, 6.07) is 5.64. The highest BCUT2D eigenvalue weighted by Gasteiger charge is 2.04. The van der Waals surface area contributed by atoms with Crippen LogP contribution < -0.4 is 5.56 Å². The standard InChI is InChI=1S/C15H16N2O3/c1-2-3-4-11-5-6-13-12(9-11)15(20)17(10-16-13)8-7-14(18)19/h5-10H,2-4H2,1H3,(H,18,19). The maximum Gasteiger partial charge on any atom is 0.329 e. The van der Waals surface area contributed by atoms with Gasteiger partial charge < -0.3 is 5.11 Å². The molecule has 1 heterocycles. The van der Waals surface area contributed by atoms with Crippen molar-refractivity contribution in [2.24, 2.45) is 0 Å². The monoisotopic (exact) mass is 272 g/mol. The molecule has 0 aliphatic carbocycles. The lowest BCUT2D eigenvalue weighted by molar-refractivity contribution is -0.131. The van der Waals surface area contributed by atoms with Crippen LogP contribution in [0.3, 0.4) is 0 Å². The minimum absolute atomic E-state index is 0.258. The van der Waals surface area contributed by atoms with Crippen molar-refractivity contribution >= 4 is 23.1 Å². The highest BCUT2D eigenvalue weighted by Crippen LogP contribution is 2.12. The Labute approximate surface area is 116 Å². The fourth-order valence-corrected chi connectivity index (χ4v) is 1.97. The van der Waals surface area contributed by atoms with Gasteiger partial charge in [-0.05, 0) is 30.5 Å². The van der Waals surface area contributed by atoms with Gasteiger partial charge in [-0.1, -0.05) is 19.4 Å². The molecule has 104 valence electrons. The van der Waals surface area contributed by atoms with Crippen LogP contribution in [-0.4, -0.2) is 20.6 Å². The van der Waals surface area contributed by atoms with Gasteiger partial charge in [-0.3, -0.25) is 9.36 Å². The summed E-state index contributed by atoms with van der Waals surface area (Å²) in [5, 5.41) is 9.11. The highest BCUT2D eigenvalue weighted by molar-refractivity contribution is 5.83. The van der Waals surface area contributed by atoms with Crippen LogP contribution in [-0.2, 0) is 11.2 Å². The molecule has 0 saturated carbocycles. The number of aryl methyl sites for hydroxylation is 1. The maximum atomic E-state index is 12.2. The van der Waals surface area contributed by atoms with E-state index in [1.807, 2.05) is 18.2 Å². The second-order valence-electron chi connectivity index (χ2n) is 4.57. The normalized spacial score (nSPS) is 11.2. The average molecular weight is 272 g/mol. The summed E-state index contributed by atoms with van der Waals surface area (Å²) in [5.41, 5.74) is 1.46. The van der Waals surface area contributed by atoms with E-state index in [1.54, 1.807) is 0 Å². The van der Waals surface area contributed by atoms with E-state index in [-0.39, 0.29) is 5.56 Å². The quantitative estimate of drug-likeness (QED) is 0.848. The third-order valence-electron chi connectivity index (χ3n) is 3.04. The van der Waals surface area contributed by atoms with Crippen molar-refractivity contribution in [1.82, 2.24) is 9.55 Å². The molecule has 5 heteroatoms. The van der Waals surface area contributed by atoms with Crippen LogP contribution in [0.1, 0.15) is 25.3 Å². The van der Waals surface area contributed by atoms with E-state index in [0.29, 0.717) is 10.9 Å². The zero-order valence-corrected chi connectivity index (χ0v) is 11.2. The molecular weight excluding hydrogens is 256 g/mol. The first kappa shape index (κ1) is 14.0. The minimum atomic E-state index is -1.10. The predicted molar refractivity (Wildman–Crippen MR) is 77.6 cm³/mol. The molecule has 1 aromatic carbocycles. The number of carboxylic acid groups (broad SMARTS) is 1. The van der Waals surface area contributed by atoms with Gasteiger partial charge in [-0.25, -0.2) is 9.78 Å². The summed E-state index contributed by atoms with van der Waals surface area (Å²) in [6.45, 7) is 2.12. The molecule has 0 spiro atoms. The number of hydrogen-bond donors (Lipinski definition) is 1. The third kappa shape index (κ3) is 3.12. The van der Waals surface area contributed by atoms with E-state index in [9.17, 15) is 9.59 Å². The molecule has 0 unspecified atom stereocenters. The molecule has 0 fully saturated rings. The Morgan fingerprint density at radius 1 is 1.45 bits per heavy atom. The zero-order valence-electron chi connectivity index (χ0n) is 11.2. The maximum absolute atomic E-state index is 12.2. The molecule has 0 aliphatic heterocycles. The SMILES string of the molecule is CCCCc1ccc2ncn(C=CC(=O)O)c(=O)c2c1. The molecule has 20 heavy (non-hydrogen) atoms. The molecule has 5 nitrogen and oxygen atoms in total. The number of fused-ring (bicyclic) bond motifs is 1. The van der Waals surface area contributed by atoms with E-state index in [1.165, 1.54) is 17.1 Å². The Balaban J connectivity index is 2.47. The molecule has 2 aromatic rings. The van der Waals surface area contributed by atoms with Gasteiger partial charge in [0.25, 0.3) is 5.56 Å². The number of rotatable bonds is 5. The predicted octanol–water partition coefficient (Wildman–Crippen LogP) is 2.29. The van der Waals surface area contributed by atoms with E-state index in [4.69, 9.17) is 5.11 Å². The first-order chi connectivity index (χ1) is 9.61. The van der Waals surface area contributed by atoms with Crippen molar-refractivity contribution < 1.29 is 9.90 Å². The lowest BCUT2D eigenvalue weighted by Gasteiger charge is -2.04. The van der Waals surface area contributed by atoms with Gasteiger partial charge in [0.1, 0.15) is 6.33 Å². The lowest BCUT2D eigenvalue weighted by atomic mass is 10.1. The molecular formula is C15H16N2O3. The Kier molecular flexibility index (Phi) is 4.30. The summed E-state index contributed by atoms with van der Waals surface area (Å²) < 4.78 is 1.18. The topological polar surface area (TPSA) is 72.2 Å². The summed E-state index contributed by atoms with van der Waals surface area (Å²) in [5.74, 6) is -1.10. The van der Waals surface area contributed by atoms with Crippen molar-refractivity contribution in [3.05, 3.63) is 46.5 Å². The number of nitrogens with zero attached hydrogens (tertiary/aromatic N) is 2. The Bertz CT molecular complexity index is 717. The van der Waals surface area contributed by atoms with Gasteiger partial charge in [-0.15, -0.1) is 0 Å². The van der Waals surface area contributed by atoms with Gasteiger partial charge in [0.05, 0.1) is 10.9 Å². The fourth-order valence-electron chi connectivity index (χ4n) is 1.97. The number of carbonyl (C=O) groups is 1. The van der Waals surface area contributed by atoms with Gasteiger partial charge in [-0.2, -0.15) is 0 Å². The first-order valence-electron chi connectivity index (χ1n) is 6.52. The van der Waals surface area contributed by atoms with Gasteiger partial charge >= 0.3 is 5.97 Å². The molecule has 0 amide bonds. The van der Waals surface area contributed by atoms with Gasteiger partial charge in [0.15, 0.2) is 0 Å². The third-order valence-corrected chi connectivity index (χ3v) is 3.04. The fraction of sp³-hybridized carbons (Fsp3) is 0.267. The van der Waals surface area contributed by atoms with Crippen LogP contribution in [0.25, 0.3) is 17.1 Å². The van der Waals surface area contributed by atoms with Crippen LogP contribution in [0, 0.1) is 0 Å². The molecule has 1 aromatic heterocycles. The lowest BCUT2D eigenvalue weighted by Crippen LogP contribution is -2.16. The zero-order chi connectivity index (χ0) is 14.5. The molecule has 0 aliphatic rings. The molecule has 0 saturated heterocycles. The van der Waals surface area contributed by atoms with Crippen LogP contribution in [0.2, 0.25) is 0 Å². The Morgan fingerprint density at radius 3 is 2.95 bits per heavy atom. The number of aliphatic carboxylic acids is 1. The van der Waals surface area contributed by atoms with E-state index in [0.717, 1.165) is 30.9 Å². The van der Waals surface area contributed by atoms with Crippen molar-refractivity contribution in [1.29, 1.82) is 0 Å². The van der Waals surface area contributed by atoms with E-state index >= 15 is 0 Å². The highest BCUT2D eigenvalue weighted by atomic mass is 16.4. The molecule has 0 radical (unpaired) electrons. The molecule has 0 atom stereocenters. The Hall–Kier alpha value is -2.43. The smallest absolute Gasteiger partial charge is 0.329 e. The van der Waals surface area contributed by atoms with Crippen molar-refractivity contribution in [3.8, 4) is 0 Å². The van der Waals surface area contributed by atoms with Gasteiger partial charge in [0.2, 0.25) is 0 Å². The second-order valence-corrected chi connectivity index (χ2v) is 4.57. The number of unbranched alkanes of at least 4 members (excludes halogenated alkanes) is 1. The van der Waals surface area contributed by atoms with Crippen LogP contribution in [0.15, 0.2) is 35.4 Å². The van der Waals surface area contributed by atoms with Crippen LogP contribution in [0.5, 0.6) is 0 Å².